The molecule has 152 valence electrons. The van der Waals surface area contributed by atoms with Gasteiger partial charge in [-0.15, -0.1) is 21.5 Å². The average molecular weight is 436 g/mol. The summed E-state index contributed by atoms with van der Waals surface area (Å²) in [5, 5.41) is 11.8. The van der Waals surface area contributed by atoms with Crippen molar-refractivity contribution in [3.8, 4) is 16.5 Å². The lowest BCUT2D eigenvalue weighted by molar-refractivity contribution is 0.101. The zero-order valence-electron chi connectivity index (χ0n) is 16.5. The van der Waals surface area contributed by atoms with Crippen molar-refractivity contribution >= 4 is 28.9 Å². The number of carbonyl (C=O) groups is 1. The molecule has 0 bridgehead atoms. The van der Waals surface area contributed by atoms with E-state index in [-0.39, 0.29) is 5.78 Å². The molecule has 0 atom stereocenters. The Labute approximate surface area is 183 Å². The first-order chi connectivity index (χ1) is 14.7. The number of para-hydroxylation sites is 1. The molecule has 5 nitrogen and oxygen atoms in total. The minimum atomic E-state index is 0.00134. The fourth-order valence-corrected chi connectivity index (χ4v) is 4.53. The van der Waals surface area contributed by atoms with Gasteiger partial charge in [-0.1, -0.05) is 60.3 Å². The molecule has 0 aliphatic carbocycles. The van der Waals surface area contributed by atoms with Crippen molar-refractivity contribution in [3.63, 3.8) is 0 Å². The van der Waals surface area contributed by atoms with Gasteiger partial charge in [0.15, 0.2) is 16.8 Å². The fraction of sp³-hybridized carbons (Fsp3) is 0.174. The van der Waals surface area contributed by atoms with Gasteiger partial charge in [-0.25, -0.2) is 0 Å². The molecule has 0 amide bonds. The van der Waals surface area contributed by atoms with E-state index in [4.69, 9.17) is 4.74 Å². The van der Waals surface area contributed by atoms with Gasteiger partial charge in [-0.05, 0) is 36.1 Å². The third-order valence-electron chi connectivity index (χ3n) is 4.48. The number of hydrogen-bond acceptors (Lipinski definition) is 6. The second kappa shape index (κ2) is 9.73. The Morgan fingerprint density at radius 3 is 2.60 bits per heavy atom. The molecule has 30 heavy (non-hydrogen) atoms. The first-order valence-corrected chi connectivity index (χ1v) is 11.5. The summed E-state index contributed by atoms with van der Waals surface area (Å²) >= 11 is 3.26. The number of aromatic nitrogens is 3. The molecule has 2 heterocycles. The van der Waals surface area contributed by atoms with Crippen LogP contribution in [0.25, 0.3) is 10.7 Å². The number of thioether (sulfide) groups is 1. The van der Waals surface area contributed by atoms with E-state index >= 15 is 0 Å². The summed E-state index contributed by atoms with van der Waals surface area (Å²) in [6, 6.07) is 21.7. The molecule has 0 unspecified atom stereocenters. The second-order valence-electron chi connectivity index (χ2n) is 6.60. The Hall–Kier alpha value is -2.90. The van der Waals surface area contributed by atoms with Gasteiger partial charge in [0, 0.05) is 5.75 Å². The van der Waals surface area contributed by atoms with E-state index in [2.05, 4.69) is 33.0 Å². The van der Waals surface area contributed by atoms with Crippen molar-refractivity contribution in [3.05, 3.63) is 83.2 Å². The van der Waals surface area contributed by atoms with Gasteiger partial charge in [0.05, 0.1) is 23.6 Å². The standard InChI is InChI=1S/C23H21N3O2S2/c1-17(27)19-10-5-6-11-20(19)28-13-15-30-23-25-24-22(21-12-7-14-29-21)26(23)16-18-8-3-2-4-9-18/h2-12,14H,13,15-16H2,1H3. The van der Waals surface area contributed by atoms with E-state index in [1.807, 2.05) is 47.8 Å². The topological polar surface area (TPSA) is 57.0 Å². The summed E-state index contributed by atoms with van der Waals surface area (Å²) in [6.45, 7) is 2.73. The minimum Gasteiger partial charge on any atom is -0.492 e. The molecule has 2 aromatic heterocycles. The average Bonchev–Trinajstić information content (AvgIpc) is 3.42. The summed E-state index contributed by atoms with van der Waals surface area (Å²) in [7, 11) is 0. The van der Waals surface area contributed by atoms with E-state index in [0.29, 0.717) is 30.2 Å². The van der Waals surface area contributed by atoms with Crippen LogP contribution in [0.2, 0.25) is 0 Å². The number of rotatable bonds is 9. The van der Waals surface area contributed by atoms with E-state index in [9.17, 15) is 4.79 Å². The normalized spacial score (nSPS) is 10.8. The van der Waals surface area contributed by atoms with Crippen LogP contribution in [0, 0.1) is 0 Å². The number of ketones is 1. The predicted octanol–water partition coefficient (Wildman–Crippen LogP) is 5.43. The first kappa shape index (κ1) is 20.4. The Morgan fingerprint density at radius 1 is 1.03 bits per heavy atom. The molecule has 0 aliphatic rings. The lowest BCUT2D eigenvalue weighted by Crippen LogP contribution is -2.07. The zero-order valence-corrected chi connectivity index (χ0v) is 18.2. The highest BCUT2D eigenvalue weighted by molar-refractivity contribution is 7.99. The Bertz CT molecular complexity index is 1110. The molecule has 7 heteroatoms. The van der Waals surface area contributed by atoms with E-state index in [1.165, 1.54) is 5.56 Å². The maximum atomic E-state index is 11.7. The maximum absolute atomic E-state index is 11.7. The van der Waals surface area contributed by atoms with Crippen molar-refractivity contribution in [2.45, 2.75) is 18.6 Å². The first-order valence-electron chi connectivity index (χ1n) is 9.59. The van der Waals surface area contributed by atoms with Gasteiger partial charge in [-0.3, -0.25) is 9.36 Å². The molecule has 4 aromatic rings. The number of carbonyl (C=O) groups excluding carboxylic acids is 1. The summed E-state index contributed by atoms with van der Waals surface area (Å²) in [5.41, 5.74) is 1.80. The number of ether oxygens (including phenoxy) is 1. The Morgan fingerprint density at radius 2 is 1.83 bits per heavy atom. The van der Waals surface area contributed by atoms with Gasteiger partial charge in [0.25, 0.3) is 0 Å². The Kier molecular flexibility index (Phi) is 6.61. The quantitative estimate of drug-likeness (QED) is 0.199. The van der Waals surface area contributed by atoms with E-state index in [0.717, 1.165) is 15.9 Å². The molecular formula is C23H21N3O2S2. The molecular weight excluding hydrogens is 414 g/mol. The number of thiophene rings is 1. The van der Waals surface area contributed by atoms with Gasteiger partial charge >= 0.3 is 0 Å². The second-order valence-corrected chi connectivity index (χ2v) is 8.61. The lowest BCUT2D eigenvalue weighted by Gasteiger charge is -2.11. The van der Waals surface area contributed by atoms with Gasteiger partial charge in [0.2, 0.25) is 0 Å². The van der Waals surface area contributed by atoms with Crippen molar-refractivity contribution in [1.82, 2.24) is 14.8 Å². The van der Waals surface area contributed by atoms with E-state index < -0.39 is 0 Å². The molecule has 0 aliphatic heterocycles. The van der Waals surface area contributed by atoms with Crippen molar-refractivity contribution < 1.29 is 9.53 Å². The molecule has 0 saturated carbocycles. The largest absolute Gasteiger partial charge is 0.492 e. The Balaban J connectivity index is 1.47. The molecule has 2 aromatic carbocycles. The molecule has 4 rings (SSSR count). The fourth-order valence-electron chi connectivity index (χ4n) is 3.06. The highest BCUT2D eigenvalue weighted by Gasteiger charge is 2.16. The summed E-state index contributed by atoms with van der Waals surface area (Å²) in [5.74, 6) is 2.19. The van der Waals surface area contributed by atoms with Gasteiger partial charge in [-0.2, -0.15) is 0 Å². The summed E-state index contributed by atoms with van der Waals surface area (Å²) in [4.78, 5) is 12.8. The highest BCUT2D eigenvalue weighted by atomic mass is 32.2. The number of benzene rings is 2. The predicted molar refractivity (Wildman–Crippen MR) is 122 cm³/mol. The van der Waals surface area contributed by atoms with Crippen LogP contribution < -0.4 is 4.74 Å². The minimum absolute atomic E-state index is 0.00134. The smallest absolute Gasteiger partial charge is 0.191 e. The van der Waals surface area contributed by atoms with Crippen LogP contribution in [0.4, 0.5) is 0 Å². The van der Waals surface area contributed by atoms with Crippen molar-refractivity contribution in [2.24, 2.45) is 0 Å². The number of nitrogens with zero attached hydrogens (tertiary/aromatic N) is 3. The molecule has 0 saturated heterocycles. The monoisotopic (exact) mass is 435 g/mol. The zero-order chi connectivity index (χ0) is 20.8. The van der Waals surface area contributed by atoms with Gasteiger partial charge < -0.3 is 4.74 Å². The number of Topliss-reactive ketones (excluding diaryl/α,β-unsaturated/α-hetero) is 1. The molecule has 0 N–H and O–H groups in total. The van der Waals surface area contributed by atoms with Crippen LogP contribution in [0.3, 0.4) is 0 Å². The van der Waals surface area contributed by atoms with Crippen LogP contribution in [-0.4, -0.2) is 32.9 Å². The summed E-state index contributed by atoms with van der Waals surface area (Å²) in [6.07, 6.45) is 0. The van der Waals surface area contributed by atoms with Crippen LogP contribution in [0.1, 0.15) is 22.8 Å². The van der Waals surface area contributed by atoms with Crippen LogP contribution >= 0.6 is 23.1 Å². The van der Waals surface area contributed by atoms with Crippen LogP contribution in [0.15, 0.2) is 77.3 Å². The van der Waals surface area contributed by atoms with E-state index in [1.54, 1.807) is 36.1 Å². The number of hydrogen-bond donors (Lipinski definition) is 0. The van der Waals surface area contributed by atoms with Crippen LogP contribution in [-0.2, 0) is 6.54 Å². The molecule has 0 fully saturated rings. The SMILES string of the molecule is CC(=O)c1ccccc1OCCSc1nnc(-c2cccs2)n1Cc1ccccc1. The van der Waals surface area contributed by atoms with Gasteiger partial charge in [0.1, 0.15) is 5.75 Å². The third kappa shape index (κ3) is 4.80. The van der Waals surface area contributed by atoms with Crippen molar-refractivity contribution in [1.29, 1.82) is 0 Å². The highest BCUT2D eigenvalue weighted by Crippen LogP contribution is 2.28. The van der Waals surface area contributed by atoms with Crippen LogP contribution in [0.5, 0.6) is 5.75 Å². The lowest BCUT2D eigenvalue weighted by atomic mass is 10.1. The third-order valence-corrected chi connectivity index (χ3v) is 6.28. The maximum Gasteiger partial charge on any atom is 0.191 e. The molecule has 0 spiro atoms. The summed E-state index contributed by atoms with van der Waals surface area (Å²) < 4.78 is 8.01. The van der Waals surface area contributed by atoms with Crippen molar-refractivity contribution in [2.75, 3.05) is 12.4 Å². The molecule has 0 radical (unpaired) electrons.